The quantitative estimate of drug-likeness (QED) is 0.678. The van der Waals surface area contributed by atoms with E-state index in [4.69, 9.17) is 4.74 Å². The molecule has 1 saturated heterocycles. The molecule has 0 aliphatic carbocycles. The molecule has 126 valence electrons. The molecule has 0 bridgehead atoms. The van der Waals surface area contributed by atoms with Crippen LogP contribution in [0.15, 0.2) is 41.7 Å². The van der Waals surface area contributed by atoms with Crippen LogP contribution >= 0.6 is 23.3 Å². The Hall–Kier alpha value is -1.45. The number of fused-ring (bicyclic) bond motifs is 1. The van der Waals surface area contributed by atoms with E-state index in [1.54, 1.807) is 18.0 Å². The van der Waals surface area contributed by atoms with Crippen molar-refractivity contribution in [1.82, 2.24) is 13.9 Å². The Kier molecular flexibility index (Phi) is 4.55. The molecule has 0 amide bonds. The van der Waals surface area contributed by atoms with Crippen molar-refractivity contribution in [2.75, 3.05) is 6.61 Å². The van der Waals surface area contributed by atoms with Crippen molar-refractivity contribution in [3.05, 3.63) is 42.1 Å². The van der Waals surface area contributed by atoms with Crippen LogP contribution in [0.25, 0.3) is 10.3 Å². The molecule has 6 nitrogen and oxygen atoms in total. The van der Waals surface area contributed by atoms with Crippen molar-refractivity contribution < 1.29 is 14.9 Å². The van der Waals surface area contributed by atoms with E-state index in [-0.39, 0.29) is 12.8 Å². The number of hydrogen-bond donors (Lipinski definition) is 2. The second kappa shape index (κ2) is 6.81. The molecule has 2 N–H and O–H groups in total. The van der Waals surface area contributed by atoms with Gasteiger partial charge in [0, 0.05) is 12.2 Å². The Morgan fingerprint density at radius 3 is 2.92 bits per heavy atom. The number of rotatable bonds is 5. The molecule has 1 aliphatic heterocycles. The number of aliphatic hydroxyl groups is 2. The van der Waals surface area contributed by atoms with Gasteiger partial charge in [-0.15, -0.1) is 0 Å². The largest absolute Gasteiger partial charge is 0.394 e. The summed E-state index contributed by atoms with van der Waals surface area (Å²) < 4.78 is 12.0. The lowest BCUT2D eigenvalue weighted by molar-refractivity contribution is -0.0454. The molecule has 0 saturated carbocycles. The summed E-state index contributed by atoms with van der Waals surface area (Å²) in [6.45, 7) is -0.190. The minimum absolute atomic E-state index is 0.190. The minimum atomic E-state index is -0.669. The van der Waals surface area contributed by atoms with E-state index in [9.17, 15) is 10.2 Å². The number of ether oxygens (including phenoxy) is 1. The van der Waals surface area contributed by atoms with Crippen LogP contribution < -0.4 is 0 Å². The van der Waals surface area contributed by atoms with Gasteiger partial charge in [0.05, 0.1) is 18.9 Å². The third-order valence-electron chi connectivity index (χ3n) is 4.06. The van der Waals surface area contributed by atoms with Gasteiger partial charge in [-0.05, 0) is 17.1 Å². The lowest BCUT2D eigenvalue weighted by atomic mass is 10.2. The molecule has 3 aromatic rings. The number of benzene rings is 1. The van der Waals surface area contributed by atoms with Gasteiger partial charge in [0.25, 0.3) is 0 Å². The second-order valence-corrected chi connectivity index (χ2v) is 7.39. The van der Waals surface area contributed by atoms with Crippen molar-refractivity contribution in [3.63, 3.8) is 0 Å². The van der Waals surface area contributed by atoms with Gasteiger partial charge in [0.2, 0.25) is 0 Å². The molecule has 8 heteroatoms. The van der Waals surface area contributed by atoms with Crippen LogP contribution in [-0.2, 0) is 10.5 Å². The third-order valence-corrected chi connectivity index (χ3v) is 5.87. The molecule has 1 aliphatic rings. The zero-order valence-corrected chi connectivity index (χ0v) is 14.4. The molecular formula is C16H17N3O3S2. The fraction of sp³-hybridized carbons (Fsp3) is 0.375. The van der Waals surface area contributed by atoms with Crippen LogP contribution in [-0.4, -0.2) is 43.0 Å². The van der Waals surface area contributed by atoms with E-state index in [1.165, 1.54) is 17.1 Å². The highest BCUT2D eigenvalue weighted by molar-refractivity contribution is 7.98. The highest BCUT2D eigenvalue weighted by atomic mass is 32.2. The SMILES string of the molecule is OCC1OC(n2c(SCc3ccccc3)nc3cnsc32)CC1O. The van der Waals surface area contributed by atoms with Gasteiger partial charge in [-0.3, -0.25) is 4.57 Å². The van der Waals surface area contributed by atoms with Gasteiger partial charge < -0.3 is 14.9 Å². The van der Waals surface area contributed by atoms with Crippen molar-refractivity contribution in [1.29, 1.82) is 0 Å². The number of imidazole rings is 1. The zero-order chi connectivity index (χ0) is 16.5. The van der Waals surface area contributed by atoms with Crippen LogP contribution in [0.5, 0.6) is 0 Å². The summed E-state index contributed by atoms with van der Waals surface area (Å²) in [6.07, 6.45) is 0.636. The van der Waals surface area contributed by atoms with Gasteiger partial charge >= 0.3 is 0 Å². The summed E-state index contributed by atoms with van der Waals surface area (Å²) in [7, 11) is 0. The van der Waals surface area contributed by atoms with E-state index in [0.717, 1.165) is 21.3 Å². The first-order valence-corrected chi connectivity index (χ1v) is 9.46. The fourth-order valence-electron chi connectivity index (χ4n) is 2.83. The van der Waals surface area contributed by atoms with Crippen LogP contribution in [0.4, 0.5) is 0 Å². The van der Waals surface area contributed by atoms with E-state index >= 15 is 0 Å². The maximum Gasteiger partial charge on any atom is 0.172 e. The topological polar surface area (TPSA) is 80.4 Å². The summed E-state index contributed by atoms with van der Waals surface area (Å²) >= 11 is 3.00. The normalized spacial score (nSPS) is 24.0. The number of thioether (sulfide) groups is 1. The molecule has 0 spiro atoms. The lowest BCUT2D eigenvalue weighted by Crippen LogP contribution is -2.24. The summed E-state index contributed by atoms with van der Waals surface area (Å²) in [4.78, 5) is 5.59. The van der Waals surface area contributed by atoms with E-state index < -0.39 is 12.2 Å². The smallest absolute Gasteiger partial charge is 0.172 e. The Labute approximate surface area is 147 Å². The molecule has 3 heterocycles. The molecule has 4 rings (SSSR count). The van der Waals surface area contributed by atoms with E-state index in [0.29, 0.717) is 6.42 Å². The van der Waals surface area contributed by atoms with Gasteiger partial charge in [-0.2, -0.15) is 4.37 Å². The molecule has 24 heavy (non-hydrogen) atoms. The Morgan fingerprint density at radius 2 is 2.17 bits per heavy atom. The Balaban J connectivity index is 1.62. The molecule has 1 aromatic carbocycles. The van der Waals surface area contributed by atoms with Crippen molar-refractivity contribution in [3.8, 4) is 0 Å². The molecule has 2 aromatic heterocycles. The average Bonchev–Trinajstić information content (AvgIpc) is 3.27. The maximum atomic E-state index is 10.0. The first-order chi connectivity index (χ1) is 11.8. The molecule has 1 fully saturated rings. The fourth-order valence-corrected chi connectivity index (χ4v) is 4.62. The number of aliphatic hydroxyl groups excluding tert-OH is 2. The standard InChI is InChI=1S/C16H17N3O3S2/c20-8-13-12(21)6-14(22-13)19-15-11(7-17-24-15)18-16(19)23-9-10-4-2-1-3-5-10/h1-5,7,12-14,20-21H,6,8-9H2. The van der Waals surface area contributed by atoms with Gasteiger partial charge in [-0.1, -0.05) is 42.1 Å². The Bertz CT molecular complexity index is 820. The van der Waals surface area contributed by atoms with Crippen molar-refractivity contribution in [2.24, 2.45) is 0 Å². The third kappa shape index (κ3) is 2.96. The van der Waals surface area contributed by atoms with Gasteiger partial charge in [0.1, 0.15) is 22.7 Å². The van der Waals surface area contributed by atoms with Gasteiger partial charge in [0.15, 0.2) is 5.16 Å². The molecular weight excluding hydrogens is 346 g/mol. The highest BCUT2D eigenvalue weighted by Crippen LogP contribution is 2.37. The van der Waals surface area contributed by atoms with Crippen LogP contribution in [0.3, 0.4) is 0 Å². The first kappa shape index (κ1) is 16.0. The molecule has 0 radical (unpaired) electrons. The predicted octanol–water partition coefficient (Wildman–Crippen LogP) is 2.43. The van der Waals surface area contributed by atoms with Crippen LogP contribution in [0.2, 0.25) is 0 Å². The zero-order valence-electron chi connectivity index (χ0n) is 12.8. The summed E-state index contributed by atoms with van der Waals surface area (Å²) in [6, 6.07) is 10.2. The average molecular weight is 363 g/mol. The lowest BCUT2D eigenvalue weighted by Gasteiger charge is -2.16. The summed E-state index contributed by atoms with van der Waals surface area (Å²) in [5.74, 6) is 0.803. The van der Waals surface area contributed by atoms with Crippen molar-refractivity contribution >= 4 is 33.6 Å². The minimum Gasteiger partial charge on any atom is -0.394 e. The predicted molar refractivity (Wildman–Crippen MR) is 93.0 cm³/mol. The van der Waals surface area contributed by atoms with Crippen molar-refractivity contribution in [2.45, 2.75) is 35.8 Å². The second-order valence-electron chi connectivity index (χ2n) is 5.67. The summed E-state index contributed by atoms with van der Waals surface area (Å²) in [5.41, 5.74) is 2.06. The van der Waals surface area contributed by atoms with Crippen LogP contribution in [0, 0.1) is 0 Å². The number of nitrogens with zero attached hydrogens (tertiary/aromatic N) is 3. The van der Waals surface area contributed by atoms with Crippen LogP contribution in [0.1, 0.15) is 18.2 Å². The maximum absolute atomic E-state index is 10.0. The number of hydrogen-bond acceptors (Lipinski definition) is 7. The number of aromatic nitrogens is 3. The highest BCUT2D eigenvalue weighted by Gasteiger charge is 2.36. The molecule has 3 unspecified atom stereocenters. The van der Waals surface area contributed by atoms with Gasteiger partial charge in [-0.25, -0.2) is 4.98 Å². The summed E-state index contributed by atoms with van der Waals surface area (Å²) in [5, 5.41) is 20.2. The monoisotopic (exact) mass is 363 g/mol. The van der Waals surface area contributed by atoms with E-state index in [1.807, 2.05) is 22.8 Å². The Morgan fingerprint density at radius 1 is 1.33 bits per heavy atom. The van der Waals surface area contributed by atoms with E-state index in [2.05, 4.69) is 21.5 Å². The first-order valence-electron chi connectivity index (χ1n) is 7.70. The molecule has 3 atom stereocenters.